The molecule has 0 amide bonds. The fraction of sp³-hybridized carbons (Fsp3) is 0.167. The summed E-state index contributed by atoms with van der Waals surface area (Å²) in [4.78, 5) is 11.8. The van der Waals surface area contributed by atoms with Gasteiger partial charge in [-0.25, -0.2) is 4.98 Å². The first-order valence-electron chi connectivity index (χ1n) is 3.38. The molecule has 0 aliphatic carbocycles. The Morgan fingerprint density at radius 3 is 2.83 bits per heavy atom. The standard InChI is InChI=1S/C6H8N6/c1-12-2-9-3-4(7)10-6(8)11-5(3)12/h2H,1H3,(H4,7,8,10,11). The van der Waals surface area contributed by atoms with E-state index in [1.807, 2.05) is 7.05 Å². The molecule has 0 unspecified atom stereocenters. The molecule has 2 aromatic rings. The largest absolute Gasteiger partial charge is 0.382 e. The topological polar surface area (TPSA) is 95.6 Å². The second kappa shape index (κ2) is 2.07. The van der Waals surface area contributed by atoms with Crippen LogP contribution < -0.4 is 11.5 Å². The van der Waals surface area contributed by atoms with Gasteiger partial charge in [-0.3, -0.25) is 0 Å². The van der Waals surface area contributed by atoms with Crippen LogP contribution in [0.1, 0.15) is 0 Å². The first-order chi connectivity index (χ1) is 5.68. The number of rotatable bonds is 0. The molecule has 0 aromatic carbocycles. The number of imidazole rings is 1. The average Bonchev–Trinajstić information content (AvgIpc) is 2.33. The van der Waals surface area contributed by atoms with Gasteiger partial charge in [0.2, 0.25) is 5.95 Å². The maximum absolute atomic E-state index is 5.56. The maximum Gasteiger partial charge on any atom is 0.224 e. The van der Waals surface area contributed by atoms with Gasteiger partial charge in [0.05, 0.1) is 6.33 Å². The Morgan fingerprint density at radius 1 is 1.33 bits per heavy atom. The number of hydrogen-bond acceptors (Lipinski definition) is 5. The van der Waals surface area contributed by atoms with Crippen molar-refractivity contribution in [3.05, 3.63) is 6.33 Å². The third kappa shape index (κ3) is 0.777. The van der Waals surface area contributed by atoms with Crippen molar-refractivity contribution in [1.82, 2.24) is 19.5 Å². The summed E-state index contributed by atoms with van der Waals surface area (Å²) in [6, 6.07) is 0. The van der Waals surface area contributed by atoms with E-state index in [0.717, 1.165) is 0 Å². The monoisotopic (exact) mass is 164 g/mol. The number of anilines is 2. The van der Waals surface area contributed by atoms with Crippen LogP contribution in [0.2, 0.25) is 0 Å². The van der Waals surface area contributed by atoms with Crippen molar-refractivity contribution >= 4 is 22.9 Å². The van der Waals surface area contributed by atoms with Crippen LogP contribution in [-0.4, -0.2) is 19.5 Å². The predicted molar refractivity (Wildman–Crippen MR) is 45.1 cm³/mol. The molecule has 0 fully saturated rings. The van der Waals surface area contributed by atoms with Crippen molar-refractivity contribution in [3.8, 4) is 0 Å². The average molecular weight is 164 g/mol. The van der Waals surface area contributed by atoms with Gasteiger partial charge in [-0.05, 0) is 0 Å². The summed E-state index contributed by atoms with van der Waals surface area (Å²) in [6.45, 7) is 0. The summed E-state index contributed by atoms with van der Waals surface area (Å²) in [7, 11) is 1.82. The summed E-state index contributed by atoms with van der Waals surface area (Å²) in [6.07, 6.45) is 1.62. The van der Waals surface area contributed by atoms with Crippen molar-refractivity contribution in [3.63, 3.8) is 0 Å². The molecular formula is C6H8N6. The van der Waals surface area contributed by atoms with E-state index in [4.69, 9.17) is 11.5 Å². The Kier molecular flexibility index (Phi) is 1.18. The minimum Gasteiger partial charge on any atom is -0.382 e. The van der Waals surface area contributed by atoms with Crippen LogP contribution in [0.5, 0.6) is 0 Å². The van der Waals surface area contributed by atoms with Gasteiger partial charge in [-0.15, -0.1) is 0 Å². The Balaban J connectivity index is 2.92. The lowest BCUT2D eigenvalue weighted by atomic mass is 10.5. The van der Waals surface area contributed by atoms with Gasteiger partial charge < -0.3 is 16.0 Å². The van der Waals surface area contributed by atoms with Gasteiger partial charge in [-0.1, -0.05) is 0 Å². The fourth-order valence-corrected chi connectivity index (χ4v) is 1.05. The molecule has 2 aromatic heterocycles. The molecule has 6 nitrogen and oxygen atoms in total. The molecule has 0 aliphatic heterocycles. The molecule has 0 saturated carbocycles. The van der Waals surface area contributed by atoms with Gasteiger partial charge in [-0.2, -0.15) is 9.97 Å². The molecule has 0 radical (unpaired) electrons. The van der Waals surface area contributed by atoms with Gasteiger partial charge in [0, 0.05) is 7.05 Å². The first kappa shape index (κ1) is 6.84. The van der Waals surface area contributed by atoms with Gasteiger partial charge >= 0.3 is 0 Å². The third-order valence-electron chi connectivity index (χ3n) is 1.60. The molecule has 62 valence electrons. The summed E-state index contributed by atoms with van der Waals surface area (Å²) in [5.41, 5.74) is 12.2. The van der Waals surface area contributed by atoms with E-state index in [0.29, 0.717) is 17.0 Å². The minimum atomic E-state index is 0.170. The van der Waals surface area contributed by atoms with Gasteiger partial charge in [0.1, 0.15) is 5.52 Å². The quantitative estimate of drug-likeness (QED) is 0.548. The van der Waals surface area contributed by atoms with Crippen molar-refractivity contribution in [2.24, 2.45) is 7.05 Å². The zero-order valence-corrected chi connectivity index (χ0v) is 6.52. The minimum absolute atomic E-state index is 0.170. The van der Waals surface area contributed by atoms with Crippen LogP contribution in [0.15, 0.2) is 6.33 Å². The van der Waals surface area contributed by atoms with Crippen molar-refractivity contribution in [2.75, 3.05) is 11.5 Å². The van der Waals surface area contributed by atoms with Gasteiger partial charge in [0.25, 0.3) is 0 Å². The number of nitrogens with two attached hydrogens (primary N) is 2. The van der Waals surface area contributed by atoms with Crippen LogP contribution >= 0.6 is 0 Å². The number of nitrogen functional groups attached to an aromatic ring is 2. The lowest BCUT2D eigenvalue weighted by Gasteiger charge is -1.96. The van der Waals surface area contributed by atoms with Crippen molar-refractivity contribution in [2.45, 2.75) is 0 Å². The SMILES string of the molecule is Cn1cnc2c(N)nc(N)nc21. The van der Waals surface area contributed by atoms with E-state index in [1.54, 1.807) is 10.9 Å². The highest BCUT2D eigenvalue weighted by Gasteiger charge is 2.06. The fourth-order valence-electron chi connectivity index (χ4n) is 1.05. The molecule has 2 rings (SSSR count). The van der Waals surface area contributed by atoms with E-state index in [-0.39, 0.29) is 5.95 Å². The van der Waals surface area contributed by atoms with Crippen LogP contribution in [0.3, 0.4) is 0 Å². The van der Waals surface area contributed by atoms with E-state index >= 15 is 0 Å². The van der Waals surface area contributed by atoms with Crippen molar-refractivity contribution in [1.29, 1.82) is 0 Å². The highest BCUT2D eigenvalue weighted by molar-refractivity contribution is 5.82. The number of aromatic nitrogens is 4. The molecule has 0 atom stereocenters. The smallest absolute Gasteiger partial charge is 0.224 e. The Bertz CT molecular complexity index is 431. The van der Waals surface area contributed by atoms with E-state index in [2.05, 4.69) is 15.0 Å². The maximum atomic E-state index is 5.56. The number of hydrogen-bond donors (Lipinski definition) is 2. The van der Waals surface area contributed by atoms with Crippen LogP contribution in [0, 0.1) is 0 Å². The molecule has 4 N–H and O–H groups in total. The number of nitrogens with zero attached hydrogens (tertiary/aromatic N) is 4. The van der Waals surface area contributed by atoms with E-state index in [9.17, 15) is 0 Å². The van der Waals surface area contributed by atoms with Gasteiger partial charge in [0.15, 0.2) is 11.5 Å². The lowest BCUT2D eigenvalue weighted by Crippen LogP contribution is -2.01. The first-order valence-corrected chi connectivity index (χ1v) is 3.38. The highest BCUT2D eigenvalue weighted by Crippen LogP contribution is 2.15. The van der Waals surface area contributed by atoms with Crippen LogP contribution in [0.25, 0.3) is 11.2 Å². The molecule has 0 spiro atoms. The molecule has 0 saturated heterocycles. The zero-order chi connectivity index (χ0) is 8.72. The van der Waals surface area contributed by atoms with E-state index in [1.165, 1.54) is 0 Å². The summed E-state index contributed by atoms with van der Waals surface area (Å²) >= 11 is 0. The molecule has 6 heteroatoms. The predicted octanol–water partition coefficient (Wildman–Crippen LogP) is -0.472. The molecule has 0 bridgehead atoms. The second-order valence-electron chi connectivity index (χ2n) is 2.49. The number of aryl methyl sites for hydroxylation is 1. The van der Waals surface area contributed by atoms with Crippen molar-refractivity contribution < 1.29 is 0 Å². The summed E-state index contributed by atoms with van der Waals surface area (Å²) in [5, 5.41) is 0. The normalized spacial score (nSPS) is 10.8. The second-order valence-corrected chi connectivity index (χ2v) is 2.49. The summed E-state index contributed by atoms with van der Waals surface area (Å²) in [5.74, 6) is 0.488. The number of fused-ring (bicyclic) bond motifs is 1. The molecule has 0 aliphatic rings. The Morgan fingerprint density at radius 2 is 2.08 bits per heavy atom. The molecule has 12 heavy (non-hydrogen) atoms. The Labute approximate surface area is 68.2 Å². The highest BCUT2D eigenvalue weighted by atomic mass is 15.1. The zero-order valence-electron chi connectivity index (χ0n) is 6.52. The summed E-state index contributed by atoms with van der Waals surface area (Å²) < 4.78 is 1.74. The lowest BCUT2D eigenvalue weighted by molar-refractivity contribution is 0.930. The third-order valence-corrected chi connectivity index (χ3v) is 1.60. The van der Waals surface area contributed by atoms with Crippen LogP contribution in [0.4, 0.5) is 11.8 Å². The Hall–Kier alpha value is -1.85. The van der Waals surface area contributed by atoms with Crippen LogP contribution in [-0.2, 0) is 7.05 Å². The molecule has 2 heterocycles. The van der Waals surface area contributed by atoms with E-state index < -0.39 is 0 Å². The molecular weight excluding hydrogens is 156 g/mol.